The van der Waals surface area contributed by atoms with Crippen molar-refractivity contribution in [3.63, 3.8) is 0 Å². The third kappa shape index (κ3) is 1.97. The smallest absolute Gasteiger partial charge is 0.299 e. The van der Waals surface area contributed by atoms with Crippen molar-refractivity contribution >= 4 is 34.9 Å². The van der Waals surface area contributed by atoms with Crippen molar-refractivity contribution in [2.24, 2.45) is 0 Å². The van der Waals surface area contributed by atoms with Crippen LogP contribution in [0.4, 0.5) is 5.69 Å². The maximum Gasteiger partial charge on any atom is 0.299 e. The first-order valence-corrected chi connectivity index (χ1v) is 5.79. The van der Waals surface area contributed by atoms with E-state index in [2.05, 4.69) is 5.32 Å². The standard InChI is InChI=1S/C12H11ClN2O3/c1-14-9(16)5-6-15-8-4-2-3-7(13)10(8)11(17)12(15)18/h2-4H,5-6H2,1H3,(H,14,16). The monoisotopic (exact) mass is 266 g/mol. The van der Waals surface area contributed by atoms with Gasteiger partial charge in [0, 0.05) is 20.0 Å². The number of amides is 2. The lowest BCUT2D eigenvalue weighted by Crippen LogP contribution is -2.33. The van der Waals surface area contributed by atoms with Crippen LogP contribution < -0.4 is 10.2 Å². The number of hydrogen-bond donors (Lipinski definition) is 1. The average Bonchev–Trinajstić information content (AvgIpc) is 2.61. The van der Waals surface area contributed by atoms with Crippen LogP contribution in [0.5, 0.6) is 0 Å². The number of Topliss-reactive ketones (excluding diaryl/α,β-unsaturated/α-hetero) is 1. The Labute approximate surface area is 109 Å². The fourth-order valence-electron chi connectivity index (χ4n) is 1.86. The highest BCUT2D eigenvalue weighted by Crippen LogP contribution is 2.33. The van der Waals surface area contributed by atoms with E-state index in [1.54, 1.807) is 18.2 Å². The van der Waals surface area contributed by atoms with Gasteiger partial charge in [0.15, 0.2) is 0 Å². The van der Waals surface area contributed by atoms with E-state index in [0.29, 0.717) is 5.69 Å². The topological polar surface area (TPSA) is 66.5 Å². The van der Waals surface area contributed by atoms with Crippen LogP contribution in [0.15, 0.2) is 18.2 Å². The Morgan fingerprint density at radius 2 is 2.11 bits per heavy atom. The molecule has 1 aliphatic rings. The molecule has 0 spiro atoms. The normalized spacial score (nSPS) is 13.8. The Hall–Kier alpha value is -1.88. The van der Waals surface area contributed by atoms with E-state index < -0.39 is 11.7 Å². The number of carbonyl (C=O) groups is 3. The highest BCUT2D eigenvalue weighted by molar-refractivity contribution is 6.55. The SMILES string of the molecule is CNC(=O)CCN1C(=O)C(=O)c2c(Cl)cccc21. The van der Waals surface area contributed by atoms with Crippen molar-refractivity contribution in [3.05, 3.63) is 28.8 Å². The first-order valence-electron chi connectivity index (χ1n) is 5.41. The molecule has 1 aromatic rings. The predicted molar refractivity (Wildman–Crippen MR) is 66.8 cm³/mol. The lowest BCUT2D eigenvalue weighted by molar-refractivity contribution is -0.120. The molecule has 5 nitrogen and oxygen atoms in total. The molecule has 0 unspecified atom stereocenters. The summed E-state index contributed by atoms with van der Waals surface area (Å²) in [6.45, 7) is 0.164. The maximum atomic E-state index is 11.8. The first-order chi connectivity index (χ1) is 8.56. The minimum Gasteiger partial charge on any atom is -0.359 e. The van der Waals surface area contributed by atoms with Crippen molar-refractivity contribution in [1.29, 1.82) is 0 Å². The van der Waals surface area contributed by atoms with E-state index in [1.165, 1.54) is 11.9 Å². The van der Waals surface area contributed by atoms with Crippen molar-refractivity contribution < 1.29 is 14.4 Å². The largest absolute Gasteiger partial charge is 0.359 e. The summed E-state index contributed by atoms with van der Waals surface area (Å²) in [4.78, 5) is 36.0. The van der Waals surface area contributed by atoms with Gasteiger partial charge in [-0.15, -0.1) is 0 Å². The second-order valence-electron chi connectivity index (χ2n) is 3.84. The fourth-order valence-corrected chi connectivity index (χ4v) is 2.12. The Morgan fingerprint density at radius 3 is 2.78 bits per heavy atom. The number of anilines is 1. The fraction of sp³-hybridized carbons (Fsp3) is 0.250. The van der Waals surface area contributed by atoms with Gasteiger partial charge in [-0.05, 0) is 12.1 Å². The number of hydrogen-bond acceptors (Lipinski definition) is 3. The van der Waals surface area contributed by atoms with Crippen LogP contribution in [-0.2, 0) is 9.59 Å². The third-order valence-electron chi connectivity index (χ3n) is 2.79. The van der Waals surface area contributed by atoms with Crippen LogP contribution in [0.3, 0.4) is 0 Å². The van der Waals surface area contributed by atoms with Gasteiger partial charge in [0.05, 0.1) is 16.3 Å². The molecule has 1 heterocycles. The van der Waals surface area contributed by atoms with Crippen molar-refractivity contribution in [3.8, 4) is 0 Å². The highest BCUT2D eigenvalue weighted by atomic mass is 35.5. The average molecular weight is 267 g/mol. The van der Waals surface area contributed by atoms with E-state index in [-0.39, 0.29) is 29.5 Å². The number of benzene rings is 1. The molecule has 1 aliphatic heterocycles. The molecule has 0 bridgehead atoms. The van der Waals surface area contributed by atoms with E-state index in [1.807, 2.05) is 0 Å². The van der Waals surface area contributed by atoms with Gasteiger partial charge in [-0.1, -0.05) is 17.7 Å². The molecule has 0 saturated heterocycles. The van der Waals surface area contributed by atoms with Gasteiger partial charge in [0.25, 0.3) is 11.7 Å². The number of rotatable bonds is 3. The van der Waals surface area contributed by atoms with E-state index in [9.17, 15) is 14.4 Å². The van der Waals surface area contributed by atoms with Gasteiger partial charge < -0.3 is 10.2 Å². The van der Waals surface area contributed by atoms with Gasteiger partial charge in [-0.3, -0.25) is 14.4 Å². The van der Waals surface area contributed by atoms with Crippen LogP contribution in [0.25, 0.3) is 0 Å². The Kier molecular flexibility index (Phi) is 3.34. The molecule has 6 heteroatoms. The summed E-state index contributed by atoms with van der Waals surface area (Å²) >= 11 is 5.91. The number of nitrogens with one attached hydrogen (secondary N) is 1. The number of halogens is 1. The van der Waals surface area contributed by atoms with Gasteiger partial charge >= 0.3 is 0 Å². The summed E-state index contributed by atoms with van der Waals surface area (Å²) in [5.74, 6) is -1.44. The minimum absolute atomic E-state index is 0.140. The summed E-state index contributed by atoms with van der Waals surface area (Å²) in [6.07, 6.45) is 0.140. The van der Waals surface area contributed by atoms with Crippen LogP contribution in [-0.4, -0.2) is 31.2 Å². The van der Waals surface area contributed by atoms with Crippen molar-refractivity contribution in [1.82, 2.24) is 5.32 Å². The predicted octanol–water partition coefficient (Wildman–Crippen LogP) is 1.01. The first kappa shape index (κ1) is 12.6. The zero-order valence-electron chi connectivity index (χ0n) is 9.70. The molecule has 0 atom stereocenters. The van der Waals surface area contributed by atoms with Crippen molar-refractivity contribution in [2.45, 2.75) is 6.42 Å². The quantitative estimate of drug-likeness (QED) is 0.830. The van der Waals surface area contributed by atoms with Crippen LogP contribution in [0, 0.1) is 0 Å². The molecule has 0 aromatic heterocycles. The zero-order chi connectivity index (χ0) is 13.3. The molecule has 0 saturated carbocycles. The van der Waals surface area contributed by atoms with Gasteiger partial charge in [-0.2, -0.15) is 0 Å². The molecule has 2 rings (SSSR count). The van der Waals surface area contributed by atoms with E-state index >= 15 is 0 Å². The highest BCUT2D eigenvalue weighted by Gasteiger charge is 2.37. The lowest BCUT2D eigenvalue weighted by Gasteiger charge is -2.15. The number of ketones is 1. The molecule has 1 N–H and O–H groups in total. The van der Waals surface area contributed by atoms with Crippen LogP contribution in [0.1, 0.15) is 16.8 Å². The van der Waals surface area contributed by atoms with Gasteiger partial charge in [0.1, 0.15) is 0 Å². The molecule has 0 radical (unpaired) electrons. The summed E-state index contributed by atoms with van der Waals surface area (Å²) in [6, 6.07) is 4.88. The Morgan fingerprint density at radius 1 is 1.39 bits per heavy atom. The molecular formula is C12H11ClN2O3. The molecule has 94 valence electrons. The number of fused-ring (bicyclic) bond motifs is 1. The minimum atomic E-state index is -0.637. The molecule has 18 heavy (non-hydrogen) atoms. The van der Waals surface area contributed by atoms with Gasteiger partial charge in [0.2, 0.25) is 5.91 Å². The summed E-state index contributed by atoms with van der Waals surface area (Å²) in [5, 5.41) is 2.72. The third-order valence-corrected chi connectivity index (χ3v) is 3.11. The summed E-state index contributed by atoms with van der Waals surface area (Å²) < 4.78 is 0. The lowest BCUT2D eigenvalue weighted by atomic mass is 10.1. The zero-order valence-corrected chi connectivity index (χ0v) is 10.5. The molecule has 2 amide bonds. The second-order valence-corrected chi connectivity index (χ2v) is 4.25. The molecule has 0 aliphatic carbocycles. The van der Waals surface area contributed by atoms with E-state index in [4.69, 9.17) is 11.6 Å². The van der Waals surface area contributed by atoms with Crippen LogP contribution >= 0.6 is 11.6 Å². The Balaban J connectivity index is 2.29. The molecular weight excluding hydrogens is 256 g/mol. The van der Waals surface area contributed by atoms with Crippen LogP contribution in [0.2, 0.25) is 5.02 Å². The van der Waals surface area contributed by atoms with Crippen molar-refractivity contribution in [2.75, 3.05) is 18.5 Å². The summed E-state index contributed by atoms with van der Waals surface area (Å²) in [7, 11) is 1.52. The van der Waals surface area contributed by atoms with Gasteiger partial charge in [-0.25, -0.2) is 0 Å². The molecule has 0 fully saturated rings. The van der Waals surface area contributed by atoms with E-state index in [0.717, 1.165) is 0 Å². The number of carbonyl (C=O) groups excluding carboxylic acids is 3. The Bertz CT molecular complexity index is 542. The molecule has 1 aromatic carbocycles. The maximum absolute atomic E-state index is 11.8. The number of nitrogens with zero attached hydrogens (tertiary/aromatic N) is 1. The second kappa shape index (κ2) is 4.78. The summed E-state index contributed by atoms with van der Waals surface area (Å²) in [5.41, 5.74) is 0.697.